The Balaban J connectivity index is 1.65. The first kappa shape index (κ1) is 21.3. The molecule has 1 aromatic carbocycles. The fourth-order valence-electron chi connectivity index (χ4n) is 2.84. The highest BCUT2D eigenvalue weighted by molar-refractivity contribution is 5.93. The van der Waals surface area contributed by atoms with Gasteiger partial charge in [-0.1, -0.05) is 12.1 Å². The van der Waals surface area contributed by atoms with Gasteiger partial charge in [-0.3, -0.25) is 14.7 Å². The topological polar surface area (TPSA) is 144 Å². The molecule has 0 aliphatic heterocycles. The first-order valence-corrected chi connectivity index (χ1v) is 9.40. The first-order chi connectivity index (χ1) is 14.9. The van der Waals surface area contributed by atoms with E-state index in [0.717, 1.165) is 4.90 Å². The van der Waals surface area contributed by atoms with Crippen molar-refractivity contribution < 1.29 is 14.7 Å². The van der Waals surface area contributed by atoms with E-state index in [4.69, 9.17) is 10.4 Å². The maximum atomic E-state index is 12.7. The second kappa shape index (κ2) is 9.41. The number of benzene rings is 1. The first-order valence-electron chi connectivity index (χ1n) is 9.40. The number of rotatable bonds is 7. The molecule has 158 valence electrons. The van der Waals surface area contributed by atoms with Crippen LogP contribution in [0.3, 0.4) is 0 Å². The smallest absolute Gasteiger partial charge is 0.407 e. The Labute approximate surface area is 177 Å². The van der Waals surface area contributed by atoms with Crippen molar-refractivity contribution in [3.05, 3.63) is 70.3 Å². The number of hydrogen-bond donors (Lipinski definition) is 3. The zero-order chi connectivity index (χ0) is 22.4. The van der Waals surface area contributed by atoms with Crippen LogP contribution in [0, 0.1) is 11.3 Å². The van der Waals surface area contributed by atoms with Gasteiger partial charge in [-0.2, -0.15) is 5.26 Å². The van der Waals surface area contributed by atoms with Crippen molar-refractivity contribution in [2.45, 2.75) is 6.42 Å². The normalized spacial score (nSPS) is 10.3. The van der Waals surface area contributed by atoms with Crippen molar-refractivity contribution in [3.63, 3.8) is 0 Å². The lowest BCUT2D eigenvalue weighted by Crippen LogP contribution is -2.30. The lowest BCUT2D eigenvalue weighted by atomic mass is 10.1. The van der Waals surface area contributed by atoms with Crippen LogP contribution in [-0.2, 0) is 0 Å². The standard InChI is InChI=1S/C21H20N6O4/c1-26(21(30)31)10-2-9-23-19(28)16-7-8-18(24-12-16)27-20(29)17(13-25-27)15-5-3-14(11-22)4-6-15/h3-8,12-13,25H,2,9-10H2,1H3,(H,23,28)(H,30,31). The van der Waals surface area contributed by atoms with Gasteiger partial charge in [0.15, 0.2) is 5.82 Å². The summed E-state index contributed by atoms with van der Waals surface area (Å²) in [6, 6.07) is 11.8. The molecule has 3 N–H and O–H groups in total. The summed E-state index contributed by atoms with van der Waals surface area (Å²) >= 11 is 0. The van der Waals surface area contributed by atoms with Crippen LogP contribution in [0.4, 0.5) is 4.79 Å². The zero-order valence-corrected chi connectivity index (χ0v) is 16.7. The highest BCUT2D eigenvalue weighted by Crippen LogP contribution is 2.16. The van der Waals surface area contributed by atoms with E-state index in [-0.39, 0.29) is 11.5 Å². The maximum absolute atomic E-state index is 12.7. The molecule has 2 heterocycles. The second-order valence-electron chi connectivity index (χ2n) is 6.74. The number of carboxylic acid groups (broad SMARTS) is 1. The summed E-state index contributed by atoms with van der Waals surface area (Å²) in [5.74, 6) is -0.0151. The van der Waals surface area contributed by atoms with Gasteiger partial charge in [0, 0.05) is 32.5 Å². The lowest BCUT2D eigenvalue weighted by Gasteiger charge is -2.12. The van der Waals surface area contributed by atoms with E-state index < -0.39 is 6.09 Å². The zero-order valence-electron chi connectivity index (χ0n) is 16.7. The monoisotopic (exact) mass is 420 g/mol. The Kier molecular flexibility index (Phi) is 6.47. The molecule has 0 aliphatic rings. The molecule has 10 heteroatoms. The van der Waals surface area contributed by atoms with E-state index in [2.05, 4.69) is 15.4 Å². The van der Waals surface area contributed by atoms with Gasteiger partial charge in [-0.25, -0.2) is 14.5 Å². The number of nitrogens with zero attached hydrogens (tertiary/aromatic N) is 4. The van der Waals surface area contributed by atoms with Crippen LogP contribution in [0.2, 0.25) is 0 Å². The minimum Gasteiger partial charge on any atom is -0.465 e. The van der Waals surface area contributed by atoms with Gasteiger partial charge in [0.05, 0.1) is 22.8 Å². The predicted octanol–water partition coefficient (Wildman–Crippen LogP) is 1.83. The second-order valence-corrected chi connectivity index (χ2v) is 6.74. The van der Waals surface area contributed by atoms with Crippen LogP contribution in [0.15, 0.2) is 53.6 Å². The summed E-state index contributed by atoms with van der Waals surface area (Å²) in [4.78, 5) is 41.0. The van der Waals surface area contributed by atoms with E-state index in [1.54, 1.807) is 42.6 Å². The number of pyridine rings is 1. The Morgan fingerprint density at radius 3 is 2.61 bits per heavy atom. The highest BCUT2D eigenvalue weighted by Gasteiger charge is 2.12. The van der Waals surface area contributed by atoms with Crippen LogP contribution in [-0.4, -0.2) is 56.9 Å². The summed E-state index contributed by atoms with van der Waals surface area (Å²) < 4.78 is 1.26. The van der Waals surface area contributed by atoms with Crippen LogP contribution in [0.5, 0.6) is 0 Å². The number of hydrogen-bond acceptors (Lipinski definition) is 5. The molecule has 0 bridgehead atoms. The van der Waals surface area contributed by atoms with E-state index in [1.807, 2.05) is 6.07 Å². The summed E-state index contributed by atoms with van der Waals surface area (Å²) in [6.07, 6.45) is 2.38. The average Bonchev–Trinajstić information content (AvgIpc) is 3.17. The Hall–Kier alpha value is -4.39. The van der Waals surface area contributed by atoms with Crippen molar-refractivity contribution in [1.82, 2.24) is 25.0 Å². The minimum absolute atomic E-state index is 0.308. The van der Waals surface area contributed by atoms with Crippen molar-refractivity contribution in [3.8, 4) is 23.0 Å². The van der Waals surface area contributed by atoms with Crippen molar-refractivity contribution in [2.75, 3.05) is 20.1 Å². The lowest BCUT2D eigenvalue weighted by molar-refractivity contribution is 0.0952. The molecule has 0 aliphatic carbocycles. The molecular formula is C21H20N6O4. The number of aromatic amines is 1. The number of carbonyl (C=O) groups is 2. The van der Waals surface area contributed by atoms with E-state index >= 15 is 0 Å². The number of H-pyrrole nitrogens is 1. The van der Waals surface area contributed by atoms with E-state index in [0.29, 0.717) is 47.6 Å². The van der Waals surface area contributed by atoms with Crippen LogP contribution in [0.1, 0.15) is 22.3 Å². The summed E-state index contributed by atoms with van der Waals surface area (Å²) in [5.41, 5.74) is 1.62. The number of carbonyl (C=O) groups excluding carboxylic acids is 1. The third-order valence-electron chi connectivity index (χ3n) is 4.62. The highest BCUT2D eigenvalue weighted by atomic mass is 16.4. The fourth-order valence-corrected chi connectivity index (χ4v) is 2.84. The molecule has 3 rings (SSSR count). The molecule has 0 atom stereocenters. The molecule has 0 spiro atoms. The van der Waals surface area contributed by atoms with Gasteiger partial charge in [-0.05, 0) is 36.2 Å². The third kappa shape index (κ3) is 4.97. The number of nitrogens with one attached hydrogen (secondary N) is 2. The van der Waals surface area contributed by atoms with Gasteiger partial charge in [0.2, 0.25) is 0 Å². The molecule has 2 aromatic heterocycles. The van der Waals surface area contributed by atoms with Gasteiger partial charge in [-0.15, -0.1) is 0 Å². The molecule has 0 saturated carbocycles. The molecule has 0 saturated heterocycles. The van der Waals surface area contributed by atoms with E-state index in [1.165, 1.54) is 17.9 Å². The Bertz CT molecular complexity index is 1170. The van der Waals surface area contributed by atoms with Crippen LogP contribution >= 0.6 is 0 Å². The van der Waals surface area contributed by atoms with Gasteiger partial charge in [0.1, 0.15) is 0 Å². The van der Waals surface area contributed by atoms with Gasteiger partial charge >= 0.3 is 6.09 Å². The van der Waals surface area contributed by atoms with Gasteiger partial charge < -0.3 is 15.3 Å². The molecule has 10 nitrogen and oxygen atoms in total. The molecule has 0 radical (unpaired) electrons. The predicted molar refractivity (Wildman–Crippen MR) is 112 cm³/mol. The molecule has 2 amide bonds. The number of amides is 2. The molecule has 0 unspecified atom stereocenters. The fraction of sp³-hybridized carbons (Fsp3) is 0.190. The molecule has 3 aromatic rings. The molecular weight excluding hydrogens is 400 g/mol. The average molecular weight is 420 g/mol. The quantitative estimate of drug-likeness (QED) is 0.497. The largest absolute Gasteiger partial charge is 0.465 e. The van der Waals surface area contributed by atoms with Crippen molar-refractivity contribution >= 4 is 12.0 Å². The molecule has 31 heavy (non-hydrogen) atoms. The summed E-state index contributed by atoms with van der Waals surface area (Å²) in [7, 11) is 1.46. The summed E-state index contributed by atoms with van der Waals surface area (Å²) in [6.45, 7) is 0.631. The number of nitriles is 1. The van der Waals surface area contributed by atoms with E-state index in [9.17, 15) is 14.4 Å². The van der Waals surface area contributed by atoms with Gasteiger partial charge in [0.25, 0.3) is 11.5 Å². The van der Waals surface area contributed by atoms with Crippen LogP contribution in [0.25, 0.3) is 16.9 Å². The summed E-state index contributed by atoms with van der Waals surface area (Å²) in [5, 5.41) is 23.2. The van der Waals surface area contributed by atoms with Crippen molar-refractivity contribution in [2.24, 2.45) is 0 Å². The minimum atomic E-state index is -1.02. The molecule has 0 fully saturated rings. The Morgan fingerprint density at radius 1 is 1.26 bits per heavy atom. The SMILES string of the molecule is CN(CCCNC(=O)c1ccc(-n2[nH]cc(-c3ccc(C#N)cc3)c2=O)nc1)C(=O)O. The maximum Gasteiger partial charge on any atom is 0.407 e. The Morgan fingerprint density at radius 2 is 2.00 bits per heavy atom. The van der Waals surface area contributed by atoms with Crippen molar-refractivity contribution in [1.29, 1.82) is 5.26 Å². The third-order valence-corrected chi connectivity index (χ3v) is 4.62. The van der Waals surface area contributed by atoms with Crippen LogP contribution < -0.4 is 10.9 Å². The number of aromatic nitrogens is 3.